The second-order valence-corrected chi connectivity index (χ2v) is 8.81. The first-order valence-corrected chi connectivity index (χ1v) is 11.5. The lowest BCUT2D eigenvalue weighted by atomic mass is 10.0. The molecule has 0 radical (unpaired) electrons. The second kappa shape index (κ2) is 9.61. The van der Waals surface area contributed by atoms with E-state index in [4.69, 9.17) is 34.4 Å². The number of fused-ring (bicyclic) bond motifs is 6. The van der Waals surface area contributed by atoms with Gasteiger partial charge >= 0.3 is 0 Å². The second-order valence-electron chi connectivity index (χ2n) is 8.81. The molecule has 5 aromatic rings. The minimum Gasteiger partial charge on any atom is -0.396 e. The summed E-state index contributed by atoms with van der Waals surface area (Å²) in [5.74, 6) is -9.50. The molecule has 0 aliphatic carbocycles. The Balaban J connectivity index is 1.74. The van der Waals surface area contributed by atoms with E-state index in [2.05, 4.69) is 25.8 Å². The highest BCUT2D eigenvalue weighted by molar-refractivity contribution is 6.23. The topological polar surface area (TPSA) is 266 Å². The molecule has 3 heterocycles. The zero-order valence-electron chi connectivity index (χ0n) is 20.9. The molecule has 210 valence electrons. The molecule has 13 nitrogen and oxygen atoms in total. The first-order valence-electron chi connectivity index (χ1n) is 11.5. The van der Waals surface area contributed by atoms with Crippen LogP contribution in [0, 0.1) is 45.9 Å². The van der Waals surface area contributed by atoms with Gasteiger partial charge in [-0.2, -0.15) is 10.5 Å². The Morgan fingerprint density at radius 2 is 1.26 bits per heavy atom. The average Bonchev–Trinajstić information content (AvgIpc) is 2.95. The summed E-state index contributed by atoms with van der Waals surface area (Å²) < 4.78 is 58.0. The van der Waals surface area contributed by atoms with Gasteiger partial charge in [0.1, 0.15) is 40.9 Å². The van der Waals surface area contributed by atoms with Gasteiger partial charge < -0.3 is 34.4 Å². The minimum atomic E-state index is -1.86. The van der Waals surface area contributed by atoms with E-state index >= 15 is 0 Å². The van der Waals surface area contributed by atoms with Crippen molar-refractivity contribution < 1.29 is 17.6 Å². The van der Waals surface area contributed by atoms with Crippen molar-refractivity contribution in [1.29, 1.82) is 10.5 Å². The van der Waals surface area contributed by atoms with Gasteiger partial charge in [0.15, 0.2) is 29.0 Å². The van der Waals surface area contributed by atoms with Gasteiger partial charge in [0, 0.05) is 16.2 Å². The van der Waals surface area contributed by atoms with Crippen LogP contribution >= 0.6 is 0 Å². The molecule has 0 saturated carbocycles. The van der Waals surface area contributed by atoms with E-state index in [1.54, 1.807) is 0 Å². The lowest BCUT2D eigenvalue weighted by molar-refractivity contribution is 0.432. The van der Waals surface area contributed by atoms with Gasteiger partial charge in [-0.15, -0.1) is 0 Å². The van der Waals surface area contributed by atoms with Gasteiger partial charge in [0.25, 0.3) is 0 Å². The lowest BCUT2D eigenvalue weighted by Crippen LogP contribution is -2.39. The van der Waals surface area contributed by atoms with Crippen LogP contribution in [0.4, 0.5) is 40.6 Å². The number of hydrogen-bond acceptors (Lipinski definition) is 13. The largest absolute Gasteiger partial charge is 0.396 e. The predicted molar refractivity (Wildman–Crippen MR) is 147 cm³/mol. The predicted octanol–water partition coefficient (Wildman–Crippen LogP) is 0.00176. The number of aromatic nitrogens is 3. The molecule has 0 fully saturated rings. The Morgan fingerprint density at radius 1 is 0.690 bits per heavy atom. The molecule has 5 rings (SSSR count). The number of nitrogen functional groups attached to an aromatic ring is 3. The van der Waals surface area contributed by atoms with E-state index < -0.39 is 45.3 Å². The number of pyridine rings is 3. The summed E-state index contributed by atoms with van der Waals surface area (Å²) in [5.41, 5.74) is 39.3. The average molecular weight is 575 g/mol. The van der Waals surface area contributed by atoms with Gasteiger partial charge in [-0.3, -0.25) is 10.9 Å². The highest BCUT2D eigenvalue weighted by Crippen LogP contribution is 2.37. The summed E-state index contributed by atoms with van der Waals surface area (Å²) in [4.78, 5) is 13.0. The summed E-state index contributed by atoms with van der Waals surface area (Å²) in [6.07, 6.45) is 0. The number of benzene rings is 2. The van der Waals surface area contributed by atoms with Crippen molar-refractivity contribution in [2.45, 2.75) is 0 Å². The molecule has 2 aromatic carbocycles. The van der Waals surface area contributed by atoms with Crippen molar-refractivity contribution in [1.82, 2.24) is 20.4 Å². The molecule has 0 aliphatic rings. The standard InChI is InChI=1S/C25H17F4N13/c26-15-13(22(33)34)16(27)18(29)14(17(15)28)25(37)42-41-11-3-8-7-2-10(32)23(35)40-20(7)21-9(19(8)39-24(11)36)1-6(4-30)12(5-31)38-21/h1-3,41-42H,32-34,37H2,(H2,35,40)(H2,36,39). The van der Waals surface area contributed by atoms with E-state index in [1.807, 2.05) is 12.1 Å². The van der Waals surface area contributed by atoms with Crippen LogP contribution in [0.25, 0.3) is 44.4 Å². The fourth-order valence-corrected chi connectivity index (χ4v) is 4.33. The zero-order valence-corrected chi connectivity index (χ0v) is 20.9. The highest BCUT2D eigenvalue weighted by atomic mass is 19.2. The summed E-state index contributed by atoms with van der Waals surface area (Å²) in [5, 5.41) is 17.4. The minimum absolute atomic E-state index is 0.0125. The number of nitrogens with one attached hydrogen (secondary N) is 2. The quantitative estimate of drug-likeness (QED) is 0.0610. The maximum Gasteiger partial charge on any atom is 0.173 e. The number of nitrogens with two attached hydrogens (primary N) is 6. The summed E-state index contributed by atoms with van der Waals surface area (Å²) in [6.45, 7) is 0. The Hall–Kier alpha value is -6.49. The number of hydrazine groups is 1. The maximum atomic E-state index is 14.6. The third-order valence-corrected chi connectivity index (χ3v) is 6.31. The van der Waals surface area contributed by atoms with Crippen molar-refractivity contribution in [2.24, 2.45) is 17.2 Å². The van der Waals surface area contributed by atoms with Crippen LogP contribution in [0.3, 0.4) is 0 Å². The maximum absolute atomic E-state index is 14.6. The van der Waals surface area contributed by atoms with Crippen molar-refractivity contribution >= 4 is 67.4 Å². The fourth-order valence-electron chi connectivity index (χ4n) is 4.33. The first-order chi connectivity index (χ1) is 19.9. The van der Waals surface area contributed by atoms with E-state index in [0.29, 0.717) is 16.2 Å². The molecule has 42 heavy (non-hydrogen) atoms. The van der Waals surface area contributed by atoms with Crippen molar-refractivity contribution in [3.8, 4) is 12.1 Å². The number of nitriles is 2. The van der Waals surface area contributed by atoms with Gasteiger partial charge in [0.2, 0.25) is 0 Å². The molecule has 3 aromatic heterocycles. The van der Waals surface area contributed by atoms with Crippen LogP contribution in [0.1, 0.15) is 11.3 Å². The van der Waals surface area contributed by atoms with E-state index in [-0.39, 0.29) is 50.8 Å². The van der Waals surface area contributed by atoms with Crippen LogP contribution in [0.15, 0.2) is 18.2 Å². The SMILES string of the molecule is N#Cc1cc2c3nc(N)c(NNC(N)=c4c(F)c(F)c(=C(N)N)c(F)c4F)cc3c3cc(N)c(N)nc3c2nc1C#N. The van der Waals surface area contributed by atoms with E-state index in [1.165, 1.54) is 18.2 Å². The molecule has 0 spiro atoms. The molecule has 0 amide bonds. The zero-order chi connectivity index (χ0) is 30.6. The molecule has 0 atom stereocenters. The van der Waals surface area contributed by atoms with Crippen LogP contribution < -0.4 is 55.7 Å². The number of halogens is 4. The molecule has 14 N–H and O–H groups in total. The Morgan fingerprint density at radius 3 is 1.86 bits per heavy atom. The lowest BCUT2D eigenvalue weighted by Gasteiger charge is -2.16. The van der Waals surface area contributed by atoms with E-state index in [9.17, 15) is 28.1 Å². The van der Waals surface area contributed by atoms with E-state index in [0.717, 1.165) is 0 Å². The Kier molecular flexibility index (Phi) is 6.20. The summed E-state index contributed by atoms with van der Waals surface area (Å²) >= 11 is 0. The molecule has 0 bridgehead atoms. The van der Waals surface area contributed by atoms with Crippen molar-refractivity contribution in [3.05, 3.63) is 63.2 Å². The van der Waals surface area contributed by atoms with Gasteiger partial charge in [-0.25, -0.2) is 32.5 Å². The normalized spacial score (nSPS) is 10.9. The highest BCUT2D eigenvalue weighted by Gasteiger charge is 2.22. The third kappa shape index (κ3) is 3.97. The van der Waals surface area contributed by atoms with Crippen LogP contribution in [-0.4, -0.2) is 15.0 Å². The molecule has 0 aliphatic heterocycles. The summed E-state index contributed by atoms with van der Waals surface area (Å²) in [6, 6.07) is 8.06. The third-order valence-electron chi connectivity index (χ3n) is 6.31. The molecule has 0 saturated heterocycles. The fraction of sp³-hybridized carbons (Fsp3) is 0. The van der Waals surface area contributed by atoms with Crippen molar-refractivity contribution in [3.63, 3.8) is 0 Å². The molecular weight excluding hydrogens is 558 g/mol. The number of hydrogen-bond donors (Lipinski definition) is 8. The van der Waals surface area contributed by atoms with Crippen LogP contribution in [0.5, 0.6) is 0 Å². The van der Waals surface area contributed by atoms with Gasteiger partial charge in [-0.05, 0) is 18.2 Å². The molecular formula is C25H17F4N13. The Labute approximate surface area is 231 Å². The molecule has 0 unspecified atom stereocenters. The van der Waals surface area contributed by atoms with Crippen molar-refractivity contribution in [2.75, 3.05) is 22.6 Å². The monoisotopic (exact) mass is 575 g/mol. The number of nitrogens with zero attached hydrogens (tertiary/aromatic N) is 5. The first kappa shape index (κ1) is 27.1. The molecule has 17 heteroatoms. The van der Waals surface area contributed by atoms with Crippen LogP contribution in [0.2, 0.25) is 0 Å². The number of anilines is 4. The number of rotatable bonds is 3. The van der Waals surface area contributed by atoms with Gasteiger partial charge in [-0.1, -0.05) is 0 Å². The summed E-state index contributed by atoms with van der Waals surface area (Å²) in [7, 11) is 0. The Bertz CT molecular complexity index is 2200. The van der Waals surface area contributed by atoms with Gasteiger partial charge in [0.05, 0.1) is 38.4 Å². The smallest absolute Gasteiger partial charge is 0.173 e. The van der Waals surface area contributed by atoms with Crippen LogP contribution in [-0.2, 0) is 0 Å².